The van der Waals surface area contributed by atoms with E-state index >= 15 is 0 Å². The molecule has 0 saturated heterocycles. The molecular formula is C29H32N4O2. The lowest BCUT2D eigenvalue weighted by Crippen LogP contribution is -2.38. The van der Waals surface area contributed by atoms with Crippen LogP contribution in [0.3, 0.4) is 0 Å². The summed E-state index contributed by atoms with van der Waals surface area (Å²) < 4.78 is 2.02. The number of para-hydroxylation sites is 2. The molecule has 0 atom stereocenters. The zero-order chi connectivity index (χ0) is 24.6. The Morgan fingerprint density at radius 1 is 0.914 bits per heavy atom. The van der Waals surface area contributed by atoms with Gasteiger partial charge in [-0.3, -0.25) is 9.59 Å². The molecule has 0 fully saturated rings. The molecule has 0 aliphatic rings. The van der Waals surface area contributed by atoms with E-state index in [0.29, 0.717) is 25.1 Å². The first-order valence-corrected chi connectivity index (χ1v) is 12.1. The average Bonchev–Trinajstić information content (AvgIpc) is 3.23. The van der Waals surface area contributed by atoms with Gasteiger partial charge < -0.3 is 14.8 Å². The second-order valence-corrected chi connectivity index (χ2v) is 8.93. The van der Waals surface area contributed by atoms with Gasteiger partial charge >= 0.3 is 0 Å². The van der Waals surface area contributed by atoms with Crippen molar-refractivity contribution in [2.75, 3.05) is 6.54 Å². The third-order valence-electron chi connectivity index (χ3n) is 6.07. The van der Waals surface area contributed by atoms with E-state index in [2.05, 4.69) is 5.32 Å². The molecule has 35 heavy (non-hydrogen) atoms. The maximum Gasteiger partial charge on any atom is 0.251 e. The Morgan fingerprint density at radius 3 is 2.29 bits per heavy atom. The molecule has 4 aromatic rings. The van der Waals surface area contributed by atoms with Crippen molar-refractivity contribution in [2.24, 2.45) is 0 Å². The van der Waals surface area contributed by atoms with E-state index in [1.165, 1.54) is 0 Å². The van der Waals surface area contributed by atoms with Crippen LogP contribution in [0.4, 0.5) is 0 Å². The number of aryl methyl sites for hydroxylation is 1. The summed E-state index contributed by atoms with van der Waals surface area (Å²) in [7, 11) is 0. The summed E-state index contributed by atoms with van der Waals surface area (Å²) in [6.45, 7) is 5.44. The van der Waals surface area contributed by atoms with Crippen LogP contribution in [0.15, 0.2) is 84.9 Å². The van der Waals surface area contributed by atoms with Crippen LogP contribution in [0.25, 0.3) is 11.0 Å². The van der Waals surface area contributed by atoms with E-state index in [4.69, 9.17) is 4.98 Å². The first kappa shape index (κ1) is 24.2. The number of fused-ring (bicyclic) bond motifs is 1. The van der Waals surface area contributed by atoms with E-state index in [0.717, 1.165) is 28.8 Å². The monoisotopic (exact) mass is 468 g/mol. The molecule has 0 radical (unpaired) electrons. The van der Waals surface area contributed by atoms with Crippen molar-refractivity contribution >= 4 is 22.8 Å². The molecule has 3 aromatic carbocycles. The zero-order valence-corrected chi connectivity index (χ0v) is 20.4. The molecule has 1 N–H and O–H groups in total. The van der Waals surface area contributed by atoms with Crippen LogP contribution in [0, 0.1) is 0 Å². The van der Waals surface area contributed by atoms with Crippen LogP contribution in [0.2, 0.25) is 0 Å². The van der Waals surface area contributed by atoms with Gasteiger partial charge in [-0.15, -0.1) is 0 Å². The van der Waals surface area contributed by atoms with Gasteiger partial charge in [0.25, 0.3) is 5.91 Å². The van der Waals surface area contributed by atoms with Gasteiger partial charge in [0.1, 0.15) is 12.4 Å². The van der Waals surface area contributed by atoms with Gasteiger partial charge in [-0.25, -0.2) is 4.98 Å². The summed E-state index contributed by atoms with van der Waals surface area (Å²) in [6.07, 6.45) is 1.39. The minimum atomic E-state index is -0.0808. The molecule has 6 nitrogen and oxygen atoms in total. The van der Waals surface area contributed by atoms with Gasteiger partial charge in [-0.1, -0.05) is 60.7 Å². The van der Waals surface area contributed by atoms with Crippen LogP contribution in [0.5, 0.6) is 0 Å². The normalized spacial score (nSPS) is 11.1. The Morgan fingerprint density at radius 2 is 1.57 bits per heavy atom. The minimum absolute atomic E-state index is 0.0608. The number of imidazole rings is 1. The van der Waals surface area contributed by atoms with Crippen molar-refractivity contribution in [1.82, 2.24) is 19.8 Å². The van der Waals surface area contributed by atoms with E-state index in [1.54, 1.807) is 12.1 Å². The fourth-order valence-electron chi connectivity index (χ4n) is 4.20. The number of carbonyl (C=O) groups excluding carboxylic acids is 2. The first-order chi connectivity index (χ1) is 17.0. The van der Waals surface area contributed by atoms with Crippen LogP contribution in [-0.4, -0.2) is 38.9 Å². The fraction of sp³-hybridized carbons (Fsp3) is 0.276. The van der Waals surface area contributed by atoms with Crippen LogP contribution in [0.1, 0.15) is 42.0 Å². The summed E-state index contributed by atoms with van der Waals surface area (Å²) >= 11 is 0. The Kier molecular flexibility index (Phi) is 7.93. The van der Waals surface area contributed by atoms with Crippen molar-refractivity contribution < 1.29 is 9.59 Å². The average molecular weight is 469 g/mol. The van der Waals surface area contributed by atoms with Crippen molar-refractivity contribution in [3.05, 3.63) is 102 Å². The summed E-state index contributed by atoms with van der Waals surface area (Å²) in [4.78, 5) is 32.5. The Labute approximate surface area is 206 Å². The second-order valence-electron chi connectivity index (χ2n) is 8.93. The molecule has 0 spiro atoms. The van der Waals surface area contributed by atoms with Gasteiger partial charge in [-0.05, 0) is 50.1 Å². The molecule has 1 heterocycles. The summed E-state index contributed by atoms with van der Waals surface area (Å²) in [6, 6.07) is 27.3. The maximum absolute atomic E-state index is 13.4. The molecule has 4 rings (SSSR count). The highest BCUT2D eigenvalue weighted by Gasteiger charge is 2.20. The lowest BCUT2D eigenvalue weighted by atomic mass is 10.2. The Hall–Kier alpha value is -3.93. The predicted molar refractivity (Wildman–Crippen MR) is 139 cm³/mol. The number of nitrogens with zero attached hydrogens (tertiary/aromatic N) is 3. The maximum atomic E-state index is 13.4. The zero-order valence-electron chi connectivity index (χ0n) is 20.4. The van der Waals surface area contributed by atoms with Crippen LogP contribution in [-0.2, 0) is 24.3 Å². The third kappa shape index (κ3) is 6.15. The van der Waals surface area contributed by atoms with E-state index in [1.807, 2.05) is 96.1 Å². The number of carbonyl (C=O) groups is 2. The standard InChI is InChI=1S/C29H32N4O2/c1-22(2)32(20-23-12-5-3-6-13-23)28(34)21-33-26-17-10-9-16-25(26)31-27(33)18-11-19-30-29(35)24-14-7-4-8-15-24/h3-10,12-17,22H,11,18-21H2,1-2H3,(H,30,35). The van der Waals surface area contributed by atoms with Gasteiger partial charge in [0.15, 0.2) is 0 Å². The summed E-state index contributed by atoms with van der Waals surface area (Å²) in [5.74, 6) is 0.838. The fourth-order valence-corrected chi connectivity index (χ4v) is 4.20. The van der Waals surface area contributed by atoms with Crippen molar-refractivity contribution in [3.63, 3.8) is 0 Å². The molecule has 0 aliphatic carbocycles. The highest BCUT2D eigenvalue weighted by Crippen LogP contribution is 2.19. The number of nitrogens with one attached hydrogen (secondary N) is 1. The SMILES string of the molecule is CC(C)N(Cc1ccccc1)C(=O)Cn1c(CCCNC(=O)c2ccccc2)nc2ccccc21. The van der Waals surface area contributed by atoms with E-state index < -0.39 is 0 Å². The molecule has 0 saturated carbocycles. The highest BCUT2D eigenvalue weighted by atomic mass is 16.2. The quantitative estimate of drug-likeness (QED) is 0.339. The molecule has 0 unspecified atom stereocenters. The Balaban J connectivity index is 1.46. The number of hydrogen-bond acceptors (Lipinski definition) is 3. The molecule has 6 heteroatoms. The lowest BCUT2D eigenvalue weighted by Gasteiger charge is -2.27. The third-order valence-corrected chi connectivity index (χ3v) is 6.07. The smallest absolute Gasteiger partial charge is 0.251 e. The van der Waals surface area contributed by atoms with Gasteiger partial charge in [0.2, 0.25) is 5.91 Å². The summed E-state index contributed by atoms with van der Waals surface area (Å²) in [5.41, 5.74) is 3.59. The first-order valence-electron chi connectivity index (χ1n) is 12.1. The van der Waals surface area contributed by atoms with Gasteiger partial charge in [0, 0.05) is 31.1 Å². The van der Waals surface area contributed by atoms with E-state index in [9.17, 15) is 9.59 Å². The van der Waals surface area contributed by atoms with Gasteiger partial charge in [-0.2, -0.15) is 0 Å². The van der Waals surface area contributed by atoms with E-state index in [-0.39, 0.29) is 24.4 Å². The number of rotatable bonds is 10. The predicted octanol–water partition coefficient (Wildman–Crippen LogP) is 4.84. The molecule has 1 aromatic heterocycles. The lowest BCUT2D eigenvalue weighted by molar-refractivity contribution is -0.134. The molecule has 0 bridgehead atoms. The Bertz CT molecular complexity index is 1270. The second kappa shape index (κ2) is 11.5. The minimum Gasteiger partial charge on any atom is -0.352 e. The summed E-state index contributed by atoms with van der Waals surface area (Å²) in [5, 5.41) is 2.97. The topological polar surface area (TPSA) is 67.2 Å². The number of benzene rings is 3. The highest BCUT2D eigenvalue weighted by molar-refractivity contribution is 5.94. The van der Waals surface area contributed by atoms with Crippen molar-refractivity contribution in [2.45, 2.75) is 45.8 Å². The van der Waals surface area contributed by atoms with Crippen LogP contribution >= 0.6 is 0 Å². The van der Waals surface area contributed by atoms with Crippen molar-refractivity contribution in [1.29, 1.82) is 0 Å². The number of aromatic nitrogens is 2. The molecule has 2 amide bonds. The van der Waals surface area contributed by atoms with Gasteiger partial charge in [0.05, 0.1) is 11.0 Å². The molecule has 0 aliphatic heterocycles. The number of hydrogen-bond donors (Lipinski definition) is 1. The number of amides is 2. The molecular weight excluding hydrogens is 436 g/mol. The molecule has 180 valence electrons. The largest absolute Gasteiger partial charge is 0.352 e. The van der Waals surface area contributed by atoms with Crippen LogP contribution < -0.4 is 5.32 Å². The van der Waals surface area contributed by atoms with Crippen molar-refractivity contribution in [3.8, 4) is 0 Å².